The zero-order chi connectivity index (χ0) is 16.4. The SMILES string of the molecule is Cc1nc(-c2ccccc2)sc1C(=O)N1CCC[C@@H](C(=O)O)C1. The Hall–Kier alpha value is -2.21. The summed E-state index contributed by atoms with van der Waals surface area (Å²) < 4.78 is 0. The summed E-state index contributed by atoms with van der Waals surface area (Å²) >= 11 is 1.37. The lowest BCUT2D eigenvalue weighted by Crippen LogP contribution is -2.42. The van der Waals surface area contributed by atoms with Gasteiger partial charge in [0, 0.05) is 18.7 Å². The maximum Gasteiger partial charge on any atom is 0.308 e. The summed E-state index contributed by atoms with van der Waals surface area (Å²) in [7, 11) is 0. The standard InChI is InChI=1S/C17H18N2O3S/c1-11-14(23-15(18-11)12-6-3-2-4-7-12)16(20)19-9-5-8-13(10-19)17(21)22/h2-4,6-7,13H,5,8-10H2,1H3,(H,21,22)/t13-/m1/s1. The van der Waals surface area contributed by atoms with Crippen LogP contribution in [0.2, 0.25) is 0 Å². The summed E-state index contributed by atoms with van der Waals surface area (Å²) in [6, 6.07) is 9.75. The van der Waals surface area contributed by atoms with Crippen LogP contribution in [0, 0.1) is 12.8 Å². The van der Waals surface area contributed by atoms with Crippen LogP contribution in [0.3, 0.4) is 0 Å². The molecule has 0 radical (unpaired) electrons. The molecule has 5 nitrogen and oxygen atoms in total. The molecule has 1 aliphatic rings. The van der Waals surface area contributed by atoms with E-state index in [1.54, 1.807) is 4.90 Å². The summed E-state index contributed by atoms with van der Waals surface area (Å²) in [5.41, 5.74) is 1.69. The molecule has 1 saturated heterocycles. The fraction of sp³-hybridized carbons (Fsp3) is 0.353. The number of thiazole rings is 1. The molecule has 0 bridgehead atoms. The van der Waals surface area contributed by atoms with Gasteiger partial charge in [0.05, 0.1) is 11.6 Å². The Morgan fingerprint density at radius 1 is 1.30 bits per heavy atom. The minimum absolute atomic E-state index is 0.104. The first-order chi connectivity index (χ1) is 11.1. The molecule has 1 N–H and O–H groups in total. The van der Waals surface area contributed by atoms with Gasteiger partial charge < -0.3 is 10.0 Å². The third kappa shape index (κ3) is 3.27. The first-order valence-electron chi connectivity index (χ1n) is 7.61. The van der Waals surface area contributed by atoms with Crippen molar-refractivity contribution in [2.24, 2.45) is 5.92 Å². The average Bonchev–Trinajstić information content (AvgIpc) is 2.97. The van der Waals surface area contributed by atoms with Crippen molar-refractivity contribution in [1.29, 1.82) is 0 Å². The van der Waals surface area contributed by atoms with Gasteiger partial charge in [-0.15, -0.1) is 11.3 Å². The van der Waals surface area contributed by atoms with Crippen molar-refractivity contribution < 1.29 is 14.7 Å². The number of hydrogen-bond donors (Lipinski definition) is 1. The lowest BCUT2D eigenvalue weighted by atomic mass is 9.98. The van der Waals surface area contributed by atoms with Crippen molar-refractivity contribution in [3.63, 3.8) is 0 Å². The van der Waals surface area contributed by atoms with Crippen molar-refractivity contribution in [1.82, 2.24) is 9.88 Å². The van der Waals surface area contributed by atoms with Gasteiger partial charge in [-0.2, -0.15) is 0 Å². The van der Waals surface area contributed by atoms with E-state index in [1.807, 2.05) is 37.3 Å². The van der Waals surface area contributed by atoms with Gasteiger partial charge in [-0.25, -0.2) is 4.98 Å². The Bertz CT molecular complexity index is 727. The number of rotatable bonds is 3. The summed E-state index contributed by atoms with van der Waals surface area (Å²) in [5, 5.41) is 9.99. The monoisotopic (exact) mass is 330 g/mol. The van der Waals surface area contributed by atoms with E-state index in [4.69, 9.17) is 5.11 Å². The van der Waals surface area contributed by atoms with Crippen molar-refractivity contribution in [2.75, 3.05) is 13.1 Å². The van der Waals surface area contributed by atoms with Crippen LogP contribution in [0.5, 0.6) is 0 Å². The minimum atomic E-state index is -0.825. The Kier molecular flexibility index (Phi) is 4.43. The molecule has 2 aromatic rings. The highest BCUT2D eigenvalue weighted by Crippen LogP contribution is 2.29. The van der Waals surface area contributed by atoms with Crippen molar-refractivity contribution in [3.8, 4) is 10.6 Å². The molecule has 23 heavy (non-hydrogen) atoms. The number of carboxylic acid groups (broad SMARTS) is 1. The Morgan fingerprint density at radius 3 is 2.74 bits per heavy atom. The average molecular weight is 330 g/mol. The first kappa shape index (κ1) is 15.7. The highest BCUT2D eigenvalue weighted by atomic mass is 32.1. The van der Waals surface area contributed by atoms with Gasteiger partial charge in [0.2, 0.25) is 0 Å². The topological polar surface area (TPSA) is 70.5 Å². The first-order valence-corrected chi connectivity index (χ1v) is 8.43. The minimum Gasteiger partial charge on any atom is -0.481 e. The van der Waals surface area contributed by atoms with Gasteiger partial charge in [0.25, 0.3) is 5.91 Å². The molecule has 3 rings (SSSR count). The largest absolute Gasteiger partial charge is 0.481 e. The van der Waals surface area contributed by atoms with Crippen LogP contribution in [-0.2, 0) is 4.79 Å². The summed E-state index contributed by atoms with van der Waals surface area (Å²) in [6.45, 7) is 2.72. The van der Waals surface area contributed by atoms with E-state index in [-0.39, 0.29) is 12.5 Å². The van der Waals surface area contributed by atoms with Gasteiger partial charge >= 0.3 is 5.97 Å². The van der Waals surface area contributed by atoms with Crippen molar-refractivity contribution >= 4 is 23.2 Å². The fourth-order valence-corrected chi connectivity index (χ4v) is 3.85. The van der Waals surface area contributed by atoms with Crippen LogP contribution in [0.4, 0.5) is 0 Å². The molecule has 1 aromatic carbocycles. The second-order valence-corrected chi connectivity index (χ2v) is 6.73. The zero-order valence-electron chi connectivity index (χ0n) is 12.9. The van der Waals surface area contributed by atoms with Gasteiger partial charge in [-0.1, -0.05) is 30.3 Å². The molecule has 1 amide bonds. The molecule has 1 aliphatic heterocycles. The number of benzene rings is 1. The highest BCUT2D eigenvalue weighted by molar-refractivity contribution is 7.17. The molecule has 0 saturated carbocycles. The van der Waals surface area contributed by atoms with Gasteiger partial charge in [0.15, 0.2) is 0 Å². The van der Waals surface area contributed by atoms with E-state index < -0.39 is 11.9 Å². The van der Waals surface area contributed by atoms with Gasteiger partial charge in [-0.3, -0.25) is 9.59 Å². The fourth-order valence-electron chi connectivity index (χ4n) is 2.81. The second-order valence-electron chi connectivity index (χ2n) is 5.73. The number of aryl methyl sites for hydroxylation is 1. The molecule has 2 heterocycles. The molecule has 0 spiro atoms. The van der Waals surface area contributed by atoms with Crippen LogP contribution in [0.25, 0.3) is 10.6 Å². The number of piperidine rings is 1. The molecular formula is C17H18N2O3S. The van der Waals surface area contributed by atoms with Crippen LogP contribution in [-0.4, -0.2) is 40.0 Å². The number of aliphatic carboxylic acids is 1. The van der Waals surface area contributed by atoms with Crippen molar-refractivity contribution in [2.45, 2.75) is 19.8 Å². The van der Waals surface area contributed by atoms with E-state index in [0.29, 0.717) is 23.5 Å². The lowest BCUT2D eigenvalue weighted by Gasteiger charge is -2.30. The molecular weight excluding hydrogens is 312 g/mol. The quantitative estimate of drug-likeness (QED) is 0.939. The molecule has 1 fully saturated rings. The van der Waals surface area contributed by atoms with Gasteiger partial charge in [-0.05, 0) is 19.8 Å². The molecule has 1 atom stereocenters. The molecule has 6 heteroatoms. The van der Waals surface area contributed by atoms with Crippen molar-refractivity contribution in [3.05, 3.63) is 40.9 Å². The Balaban J connectivity index is 1.83. The van der Waals surface area contributed by atoms with Crippen LogP contribution >= 0.6 is 11.3 Å². The third-order valence-electron chi connectivity index (χ3n) is 4.07. The number of likely N-dealkylation sites (tertiary alicyclic amines) is 1. The van der Waals surface area contributed by atoms with E-state index in [1.165, 1.54) is 11.3 Å². The lowest BCUT2D eigenvalue weighted by molar-refractivity contribution is -0.143. The Labute approximate surface area is 138 Å². The number of nitrogens with zero attached hydrogens (tertiary/aromatic N) is 2. The second kappa shape index (κ2) is 6.50. The van der Waals surface area contributed by atoms with Crippen LogP contribution in [0.15, 0.2) is 30.3 Å². The van der Waals surface area contributed by atoms with Crippen LogP contribution in [0.1, 0.15) is 28.2 Å². The Morgan fingerprint density at radius 2 is 2.04 bits per heavy atom. The van der Waals surface area contributed by atoms with Gasteiger partial charge in [0.1, 0.15) is 9.88 Å². The predicted molar refractivity (Wildman–Crippen MR) is 88.6 cm³/mol. The molecule has 120 valence electrons. The molecule has 0 aliphatic carbocycles. The maximum absolute atomic E-state index is 12.7. The summed E-state index contributed by atoms with van der Waals surface area (Å²) in [4.78, 5) is 30.7. The number of carbonyl (C=O) groups excluding carboxylic acids is 1. The zero-order valence-corrected chi connectivity index (χ0v) is 13.7. The molecule has 1 aromatic heterocycles. The normalized spacial score (nSPS) is 18.0. The van der Waals surface area contributed by atoms with E-state index in [9.17, 15) is 9.59 Å². The summed E-state index contributed by atoms with van der Waals surface area (Å²) in [5.74, 6) is -1.39. The maximum atomic E-state index is 12.7. The smallest absolute Gasteiger partial charge is 0.308 e. The highest BCUT2D eigenvalue weighted by Gasteiger charge is 2.30. The number of carboxylic acids is 1. The molecule has 0 unspecified atom stereocenters. The van der Waals surface area contributed by atoms with E-state index in [2.05, 4.69) is 4.98 Å². The number of hydrogen-bond acceptors (Lipinski definition) is 4. The predicted octanol–water partition coefficient (Wildman–Crippen LogP) is 3.06. The number of carbonyl (C=O) groups is 2. The van der Waals surface area contributed by atoms with Crippen LogP contribution < -0.4 is 0 Å². The third-order valence-corrected chi connectivity index (χ3v) is 5.26. The number of aromatic nitrogens is 1. The number of amides is 1. The van der Waals surface area contributed by atoms with E-state index >= 15 is 0 Å². The van der Waals surface area contributed by atoms with E-state index in [0.717, 1.165) is 17.0 Å². The summed E-state index contributed by atoms with van der Waals surface area (Å²) in [6.07, 6.45) is 1.36.